The first-order chi connectivity index (χ1) is 11.9. The van der Waals surface area contributed by atoms with Crippen molar-refractivity contribution in [3.05, 3.63) is 64.4 Å². The molecule has 0 aliphatic heterocycles. The number of para-hydroxylation sites is 1. The Morgan fingerprint density at radius 1 is 1.28 bits per heavy atom. The van der Waals surface area contributed by atoms with Crippen molar-refractivity contribution in [2.75, 3.05) is 5.32 Å². The van der Waals surface area contributed by atoms with Crippen LogP contribution >= 0.6 is 11.6 Å². The first-order valence-corrected chi connectivity index (χ1v) is 7.72. The molecule has 0 radical (unpaired) electrons. The van der Waals surface area contributed by atoms with Crippen LogP contribution in [0.25, 0.3) is 0 Å². The Kier molecular flexibility index (Phi) is 6.09. The Hall–Kier alpha value is -2.91. The molecule has 0 saturated carbocycles. The number of ether oxygens (including phenoxy) is 1. The van der Waals surface area contributed by atoms with Gasteiger partial charge in [0.25, 0.3) is 5.91 Å². The lowest BCUT2D eigenvalue weighted by molar-refractivity contribution is -0.152. The monoisotopic (exact) mass is 360 g/mol. The lowest BCUT2D eigenvalue weighted by Gasteiger charge is -2.14. The van der Waals surface area contributed by atoms with Crippen LogP contribution in [0.3, 0.4) is 0 Å². The first kappa shape index (κ1) is 18.4. The lowest BCUT2D eigenvalue weighted by atomic mass is 10.1. The van der Waals surface area contributed by atoms with Crippen molar-refractivity contribution in [1.29, 1.82) is 5.26 Å². The van der Waals surface area contributed by atoms with E-state index in [-0.39, 0.29) is 16.1 Å². The molecule has 128 valence electrons. The number of nitriles is 1. The number of hydrogen-bond donors (Lipinski definition) is 1. The van der Waals surface area contributed by atoms with E-state index in [1.54, 1.807) is 24.3 Å². The van der Waals surface area contributed by atoms with Crippen molar-refractivity contribution >= 4 is 29.2 Å². The number of anilines is 1. The molecule has 0 bridgehead atoms. The van der Waals surface area contributed by atoms with Gasteiger partial charge in [0.1, 0.15) is 11.9 Å². The maximum absolute atomic E-state index is 13.7. The Bertz CT molecular complexity index is 828. The molecular weight excluding hydrogens is 347 g/mol. The largest absolute Gasteiger partial charge is 0.452 e. The number of rotatable bonds is 5. The molecule has 0 fully saturated rings. The smallest absolute Gasteiger partial charge is 0.311 e. The number of halogens is 2. The van der Waals surface area contributed by atoms with Gasteiger partial charge in [-0.25, -0.2) is 4.39 Å². The fourth-order valence-electron chi connectivity index (χ4n) is 2.06. The van der Waals surface area contributed by atoms with Crippen LogP contribution in [0.15, 0.2) is 42.5 Å². The SMILES string of the molecule is C[C@@H](OC(=O)Cc1c(F)cccc1Cl)C(=O)Nc1ccccc1C#N. The highest BCUT2D eigenvalue weighted by Crippen LogP contribution is 2.20. The quantitative estimate of drug-likeness (QED) is 0.828. The summed E-state index contributed by atoms with van der Waals surface area (Å²) in [7, 11) is 0. The van der Waals surface area contributed by atoms with E-state index >= 15 is 0 Å². The Labute approximate surface area is 149 Å². The first-order valence-electron chi connectivity index (χ1n) is 7.34. The Morgan fingerprint density at radius 3 is 2.68 bits per heavy atom. The van der Waals surface area contributed by atoms with E-state index in [0.29, 0.717) is 5.69 Å². The molecule has 7 heteroatoms. The lowest BCUT2D eigenvalue weighted by Crippen LogP contribution is -2.30. The molecule has 0 unspecified atom stereocenters. The highest BCUT2D eigenvalue weighted by Gasteiger charge is 2.20. The van der Waals surface area contributed by atoms with Crippen molar-refractivity contribution in [2.45, 2.75) is 19.4 Å². The maximum atomic E-state index is 13.7. The summed E-state index contributed by atoms with van der Waals surface area (Å²) in [6, 6.07) is 12.4. The standard InChI is InChI=1S/C18H14ClFN2O3/c1-11(18(24)22-16-8-3-2-5-12(16)10-21)25-17(23)9-13-14(19)6-4-7-15(13)20/h2-8,11H,9H2,1H3,(H,22,24)/t11-/m1/s1. The second-order valence-corrected chi connectivity index (χ2v) is 5.56. The van der Waals surface area contributed by atoms with Gasteiger partial charge in [0.2, 0.25) is 0 Å². The summed E-state index contributed by atoms with van der Waals surface area (Å²) in [5.74, 6) is -2.01. The van der Waals surface area contributed by atoms with Gasteiger partial charge in [-0.1, -0.05) is 29.8 Å². The average molecular weight is 361 g/mol. The summed E-state index contributed by atoms with van der Waals surface area (Å²) in [5, 5.41) is 11.6. The van der Waals surface area contributed by atoms with Crippen molar-refractivity contribution in [3.63, 3.8) is 0 Å². The molecule has 1 N–H and O–H groups in total. The van der Waals surface area contributed by atoms with Gasteiger partial charge < -0.3 is 10.1 Å². The normalized spacial score (nSPS) is 11.3. The van der Waals surface area contributed by atoms with Crippen LogP contribution in [-0.2, 0) is 20.7 Å². The van der Waals surface area contributed by atoms with Gasteiger partial charge in [0.15, 0.2) is 6.10 Å². The highest BCUT2D eigenvalue weighted by molar-refractivity contribution is 6.31. The summed E-state index contributed by atoms with van der Waals surface area (Å²) in [6.45, 7) is 1.38. The van der Waals surface area contributed by atoms with Gasteiger partial charge in [0, 0.05) is 10.6 Å². The zero-order chi connectivity index (χ0) is 18.4. The fraction of sp³-hybridized carbons (Fsp3) is 0.167. The van der Waals surface area contributed by atoms with E-state index in [9.17, 15) is 14.0 Å². The predicted molar refractivity (Wildman–Crippen MR) is 90.5 cm³/mol. The molecule has 0 aliphatic carbocycles. The summed E-state index contributed by atoms with van der Waals surface area (Å²) in [4.78, 5) is 24.0. The van der Waals surface area contributed by atoms with Gasteiger partial charge in [-0.15, -0.1) is 0 Å². The van der Waals surface area contributed by atoms with Gasteiger partial charge in [0.05, 0.1) is 17.7 Å². The van der Waals surface area contributed by atoms with Crippen LogP contribution < -0.4 is 5.32 Å². The topological polar surface area (TPSA) is 79.2 Å². The molecule has 0 aromatic heterocycles. The van der Waals surface area contributed by atoms with Gasteiger partial charge in [-0.05, 0) is 31.2 Å². The molecular formula is C18H14ClFN2O3. The van der Waals surface area contributed by atoms with Crippen LogP contribution in [0, 0.1) is 17.1 Å². The number of esters is 1. The highest BCUT2D eigenvalue weighted by atomic mass is 35.5. The molecule has 0 heterocycles. The van der Waals surface area contributed by atoms with E-state index in [1.165, 1.54) is 25.1 Å². The molecule has 2 aromatic rings. The zero-order valence-electron chi connectivity index (χ0n) is 13.3. The van der Waals surface area contributed by atoms with Crippen molar-refractivity contribution in [1.82, 2.24) is 0 Å². The molecule has 25 heavy (non-hydrogen) atoms. The van der Waals surface area contributed by atoms with Crippen LogP contribution in [0.4, 0.5) is 10.1 Å². The fourth-order valence-corrected chi connectivity index (χ4v) is 2.29. The molecule has 0 saturated heterocycles. The van der Waals surface area contributed by atoms with E-state index in [1.807, 2.05) is 6.07 Å². The minimum atomic E-state index is -1.12. The second-order valence-electron chi connectivity index (χ2n) is 5.16. The van der Waals surface area contributed by atoms with E-state index in [2.05, 4.69) is 5.32 Å². The van der Waals surface area contributed by atoms with Gasteiger partial charge >= 0.3 is 5.97 Å². The van der Waals surface area contributed by atoms with Crippen LogP contribution in [0.1, 0.15) is 18.1 Å². The maximum Gasteiger partial charge on any atom is 0.311 e. The third kappa shape index (κ3) is 4.78. The number of hydrogen-bond acceptors (Lipinski definition) is 4. The van der Waals surface area contributed by atoms with E-state index in [0.717, 1.165) is 0 Å². The molecule has 2 rings (SSSR count). The van der Waals surface area contributed by atoms with Gasteiger partial charge in [-0.3, -0.25) is 9.59 Å². The number of nitrogens with zero attached hydrogens (tertiary/aromatic N) is 1. The third-order valence-electron chi connectivity index (χ3n) is 3.37. The number of amides is 1. The second kappa shape index (κ2) is 8.27. The van der Waals surface area contributed by atoms with Gasteiger partial charge in [-0.2, -0.15) is 5.26 Å². The zero-order valence-corrected chi connectivity index (χ0v) is 14.0. The van der Waals surface area contributed by atoms with Crippen LogP contribution in [-0.4, -0.2) is 18.0 Å². The van der Waals surface area contributed by atoms with Crippen molar-refractivity contribution in [2.24, 2.45) is 0 Å². The summed E-state index contributed by atoms with van der Waals surface area (Å²) in [6.07, 6.45) is -1.51. The number of carbonyl (C=O) groups excluding carboxylic acids is 2. The van der Waals surface area contributed by atoms with Crippen LogP contribution in [0.2, 0.25) is 5.02 Å². The summed E-state index contributed by atoms with van der Waals surface area (Å²) in [5.41, 5.74) is 0.610. The summed E-state index contributed by atoms with van der Waals surface area (Å²) < 4.78 is 18.7. The Morgan fingerprint density at radius 2 is 2.00 bits per heavy atom. The average Bonchev–Trinajstić information content (AvgIpc) is 2.58. The minimum absolute atomic E-state index is 0.0107. The molecule has 1 atom stereocenters. The molecule has 1 amide bonds. The molecule has 5 nitrogen and oxygen atoms in total. The molecule has 2 aromatic carbocycles. The number of nitrogens with one attached hydrogen (secondary N) is 1. The number of benzene rings is 2. The third-order valence-corrected chi connectivity index (χ3v) is 3.72. The molecule has 0 spiro atoms. The minimum Gasteiger partial charge on any atom is -0.452 e. The Balaban J connectivity index is 1.99. The predicted octanol–water partition coefficient (Wildman–Crippen LogP) is 3.46. The number of carbonyl (C=O) groups is 2. The molecule has 0 aliphatic rings. The van der Waals surface area contributed by atoms with E-state index in [4.69, 9.17) is 21.6 Å². The summed E-state index contributed by atoms with van der Waals surface area (Å²) >= 11 is 5.86. The van der Waals surface area contributed by atoms with Crippen molar-refractivity contribution in [3.8, 4) is 6.07 Å². The van der Waals surface area contributed by atoms with Crippen molar-refractivity contribution < 1.29 is 18.7 Å². The van der Waals surface area contributed by atoms with E-state index < -0.39 is 30.2 Å². The van der Waals surface area contributed by atoms with Crippen LogP contribution in [0.5, 0.6) is 0 Å².